The van der Waals surface area contributed by atoms with Crippen molar-refractivity contribution >= 4 is 28.9 Å². The minimum absolute atomic E-state index is 0.297. The van der Waals surface area contributed by atoms with Gasteiger partial charge in [0.05, 0.1) is 6.54 Å². The third-order valence-corrected chi connectivity index (χ3v) is 4.78. The lowest BCUT2D eigenvalue weighted by Gasteiger charge is -2.20. The van der Waals surface area contributed by atoms with E-state index < -0.39 is 5.60 Å². The van der Waals surface area contributed by atoms with E-state index >= 15 is 0 Å². The number of hydrogen-bond acceptors (Lipinski definition) is 4. The number of guanidine groups is 1. The molecule has 2 aromatic rings. The zero-order chi connectivity index (χ0) is 17.4. The lowest BCUT2D eigenvalue weighted by molar-refractivity contribution is 0.0711. The Morgan fingerprint density at radius 1 is 1.38 bits per heavy atom. The SMILES string of the molecule is CCNC(=NCC(C)(O)c1cccs1)NCCc1ccc(Cl)nc1. The topological polar surface area (TPSA) is 69.5 Å². The van der Waals surface area contributed by atoms with E-state index in [2.05, 4.69) is 20.6 Å². The highest BCUT2D eigenvalue weighted by atomic mass is 35.5. The molecule has 0 aliphatic rings. The number of pyridine rings is 1. The van der Waals surface area contributed by atoms with Gasteiger partial charge in [0.25, 0.3) is 0 Å². The van der Waals surface area contributed by atoms with Gasteiger partial charge in [-0.1, -0.05) is 23.7 Å². The van der Waals surface area contributed by atoms with Crippen LogP contribution in [0.25, 0.3) is 0 Å². The Balaban J connectivity index is 1.89. The number of nitrogens with one attached hydrogen (secondary N) is 2. The van der Waals surface area contributed by atoms with E-state index in [9.17, 15) is 5.11 Å². The van der Waals surface area contributed by atoms with Crippen molar-refractivity contribution in [1.29, 1.82) is 0 Å². The van der Waals surface area contributed by atoms with Crippen LogP contribution in [0, 0.1) is 0 Å². The number of rotatable bonds is 7. The minimum Gasteiger partial charge on any atom is -0.383 e. The van der Waals surface area contributed by atoms with Crippen molar-refractivity contribution in [3.63, 3.8) is 0 Å². The van der Waals surface area contributed by atoms with Gasteiger partial charge in [-0.05, 0) is 43.3 Å². The first kappa shape index (κ1) is 18.7. The standard InChI is InChI=1S/C17H23ClN4OS/c1-3-19-16(20-9-8-13-6-7-15(18)21-11-13)22-12-17(2,23)14-5-4-10-24-14/h4-7,10-11,23H,3,8-9,12H2,1-2H3,(H2,19,20,22). The fourth-order valence-electron chi connectivity index (χ4n) is 2.12. The number of aliphatic hydroxyl groups is 1. The summed E-state index contributed by atoms with van der Waals surface area (Å²) in [6.45, 7) is 5.57. The molecule has 0 aliphatic carbocycles. The molecule has 2 aromatic heterocycles. The average molecular weight is 367 g/mol. The molecule has 0 radical (unpaired) electrons. The first-order valence-corrected chi connectivity index (χ1v) is 9.16. The Bertz CT molecular complexity index is 641. The van der Waals surface area contributed by atoms with Crippen molar-refractivity contribution in [2.24, 2.45) is 4.99 Å². The zero-order valence-corrected chi connectivity index (χ0v) is 15.5. The molecule has 7 heteroatoms. The van der Waals surface area contributed by atoms with Crippen LogP contribution in [0.4, 0.5) is 0 Å². The fourth-order valence-corrected chi connectivity index (χ4v) is 3.01. The second-order valence-corrected chi connectivity index (χ2v) is 6.95. The number of hydrogen-bond donors (Lipinski definition) is 3. The number of halogens is 1. The minimum atomic E-state index is -0.962. The lowest BCUT2D eigenvalue weighted by Crippen LogP contribution is -2.39. The monoisotopic (exact) mass is 366 g/mol. The van der Waals surface area contributed by atoms with Crippen LogP contribution in [0.5, 0.6) is 0 Å². The van der Waals surface area contributed by atoms with Crippen LogP contribution in [0.3, 0.4) is 0 Å². The van der Waals surface area contributed by atoms with E-state index in [4.69, 9.17) is 11.6 Å². The van der Waals surface area contributed by atoms with E-state index in [1.807, 2.05) is 30.5 Å². The van der Waals surface area contributed by atoms with Gasteiger partial charge in [-0.15, -0.1) is 11.3 Å². The maximum absolute atomic E-state index is 10.5. The number of aromatic nitrogens is 1. The summed E-state index contributed by atoms with van der Waals surface area (Å²) in [5.74, 6) is 0.691. The van der Waals surface area contributed by atoms with Crippen molar-refractivity contribution in [1.82, 2.24) is 15.6 Å². The Labute approximate surface area is 151 Å². The van der Waals surface area contributed by atoms with E-state index in [-0.39, 0.29) is 0 Å². The van der Waals surface area contributed by atoms with Crippen molar-refractivity contribution in [3.05, 3.63) is 51.4 Å². The normalized spacial score (nSPS) is 14.2. The summed E-state index contributed by atoms with van der Waals surface area (Å²) in [5.41, 5.74) is 0.143. The molecule has 0 fully saturated rings. The molecule has 0 aliphatic heterocycles. The molecule has 0 saturated heterocycles. The summed E-state index contributed by atoms with van der Waals surface area (Å²) in [7, 11) is 0. The predicted octanol–water partition coefficient (Wildman–Crippen LogP) is 2.80. The van der Waals surface area contributed by atoms with Crippen molar-refractivity contribution in [2.75, 3.05) is 19.6 Å². The third kappa shape index (κ3) is 5.78. The van der Waals surface area contributed by atoms with Gasteiger partial charge in [0.2, 0.25) is 0 Å². The summed E-state index contributed by atoms with van der Waals surface area (Å²) in [6.07, 6.45) is 2.59. The summed E-state index contributed by atoms with van der Waals surface area (Å²) in [5, 5.41) is 19.5. The molecule has 0 amide bonds. The first-order chi connectivity index (χ1) is 11.5. The number of nitrogens with zero attached hydrogens (tertiary/aromatic N) is 2. The second-order valence-electron chi connectivity index (χ2n) is 5.61. The highest BCUT2D eigenvalue weighted by molar-refractivity contribution is 7.10. The van der Waals surface area contributed by atoms with Crippen molar-refractivity contribution in [2.45, 2.75) is 25.9 Å². The Hall–Kier alpha value is -1.63. The summed E-state index contributed by atoms with van der Waals surface area (Å²) in [4.78, 5) is 9.48. The molecule has 130 valence electrons. The lowest BCUT2D eigenvalue weighted by atomic mass is 10.1. The van der Waals surface area contributed by atoms with Gasteiger partial charge >= 0.3 is 0 Å². The molecule has 2 rings (SSSR count). The van der Waals surface area contributed by atoms with Crippen LogP contribution >= 0.6 is 22.9 Å². The summed E-state index contributed by atoms with van der Waals surface area (Å²) >= 11 is 7.32. The molecule has 3 N–H and O–H groups in total. The largest absolute Gasteiger partial charge is 0.383 e. The third-order valence-electron chi connectivity index (χ3n) is 3.44. The van der Waals surface area contributed by atoms with E-state index in [1.54, 1.807) is 19.2 Å². The molecule has 0 aromatic carbocycles. The zero-order valence-electron chi connectivity index (χ0n) is 13.9. The number of aliphatic imine (C=N–C) groups is 1. The molecule has 0 saturated carbocycles. The predicted molar refractivity (Wildman–Crippen MR) is 101 cm³/mol. The van der Waals surface area contributed by atoms with Crippen LogP contribution < -0.4 is 10.6 Å². The molecule has 0 spiro atoms. The van der Waals surface area contributed by atoms with Gasteiger partial charge in [0.1, 0.15) is 10.8 Å². The van der Waals surface area contributed by atoms with E-state index in [1.165, 1.54) is 11.3 Å². The van der Waals surface area contributed by atoms with Gasteiger partial charge in [0, 0.05) is 24.2 Å². The quantitative estimate of drug-likeness (QED) is 0.400. The Morgan fingerprint density at radius 3 is 2.83 bits per heavy atom. The van der Waals surface area contributed by atoms with Gasteiger partial charge in [-0.25, -0.2) is 9.98 Å². The van der Waals surface area contributed by atoms with Crippen molar-refractivity contribution in [3.8, 4) is 0 Å². The molecular weight excluding hydrogens is 344 g/mol. The Morgan fingerprint density at radius 2 is 2.21 bits per heavy atom. The maximum Gasteiger partial charge on any atom is 0.191 e. The second kappa shape index (κ2) is 9.01. The van der Waals surface area contributed by atoms with Crippen molar-refractivity contribution < 1.29 is 5.11 Å². The van der Waals surface area contributed by atoms with Gasteiger partial charge in [-0.3, -0.25) is 0 Å². The number of thiophene rings is 1. The Kier molecular flexibility index (Phi) is 7.02. The molecule has 0 bridgehead atoms. The molecule has 1 unspecified atom stereocenters. The van der Waals surface area contributed by atoms with Gasteiger partial charge in [-0.2, -0.15) is 0 Å². The molecule has 2 heterocycles. The van der Waals surface area contributed by atoms with E-state index in [0.29, 0.717) is 17.7 Å². The van der Waals surface area contributed by atoms with Crippen LogP contribution in [-0.2, 0) is 12.0 Å². The van der Waals surface area contributed by atoms with Gasteiger partial charge in [0.15, 0.2) is 5.96 Å². The average Bonchev–Trinajstić information content (AvgIpc) is 3.10. The van der Waals surface area contributed by atoms with Crippen LogP contribution in [0.2, 0.25) is 5.15 Å². The van der Waals surface area contributed by atoms with Crippen LogP contribution in [0.1, 0.15) is 24.3 Å². The highest BCUT2D eigenvalue weighted by Crippen LogP contribution is 2.25. The molecule has 24 heavy (non-hydrogen) atoms. The molecular formula is C17H23ClN4OS. The van der Waals surface area contributed by atoms with E-state index in [0.717, 1.165) is 30.0 Å². The van der Waals surface area contributed by atoms with Crippen LogP contribution in [-0.4, -0.2) is 35.7 Å². The van der Waals surface area contributed by atoms with Crippen LogP contribution in [0.15, 0.2) is 40.8 Å². The smallest absolute Gasteiger partial charge is 0.191 e. The molecule has 5 nitrogen and oxygen atoms in total. The molecule has 1 atom stereocenters. The highest BCUT2D eigenvalue weighted by Gasteiger charge is 2.23. The summed E-state index contributed by atoms with van der Waals surface area (Å²) < 4.78 is 0. The summed E-state index contributed by atoms with van der Waals surface area (Å²) in [6, 6.07) is 7.60. The fraction of sp³-hybridized carbons (Fsp3) is 0.412. The van der Waals surface area contributed by atoms with Gasteiger partial charge < -0.3 is 15.7 Å². The first-order valence-electron chi connectivity index (χ1n) is 7.90. The maximum atomic E-state index is 10.5.